The highest BCUT2D eigenvalue weighted by atomic mass is 16.7. The Bertz CT molecular complexity index is 150. The van der Waals surface area contributed by atoms with Gasteiger partial charge >= 0.3 is 0 Å². The molecule has 0 radical (unpaired) electrons. The van der Waals surface area contributed by atoms with E-state index in [0.717, 1.165) is 25.9 Å². The lowest BCUT2D eigenvalue weighted by Gasteiger charge is -2.30. The van der Waals surface area contributed by atoms with E-state index in [-0.39, 0.29) is 5.60 Å². The molecule has 3 heteroatoms. The molecule has 0 aliphatic carbocycles. The second kappa shape index (κ2) is 2.25. The Balaban J connectivity index is 2.05. The van der Waals surface area contributed by atoms with Crippen molar-refractivity contribution >= 4 is 0 Å². The predicted molar refractivity (Wildman–Crippen MR) is 38.2 cm³/mol. The zero-order valence-corrected chi connectivity index (χ0v) is 5.89. The normalized spacial score (nSPS) is 28.8. The second-order valence-corrected chi connectivity index (χ2v) is 2.87. The second-order valence-electron chi connectivity index (χ2n) is 2.87. The van der Waals surface area contributed by atoms with Crippen molar-refractivity contribution in [1.29, 1.82) is 0 Å². The first-order valence-electron chi connectivity index (χ1n) is 3.73. The van der Waals surface area contributed by atoms with Crippen LogP contribution in [0.15, 0.2) is 12.3 Å². The summed E-state index contributed by atoms with van der Waals surface area (Å²) in [5.74, 6) is 0. The third-order valence-electron chi connectivity index (χ3n) is 2.17. The van der Waals surface area contributed by atoms with Crippen molar-refractivity contribution in [2.75, 3.05) is 13.1 Å². The molecule has 2 aliphatic heterocycles. The predicted octanol–water partition coefficient (Wildman–Crippen LogP) is 0.157. The van der Waals surface area contributed by atoms with Crippen molar-refractivity contribution in [1.82, 2.24) is 10.8 Å². The van der Waals surface area contributed by atoms with Crippen LogP contribution in [0.2, 0.25) is 0 Å². The summed E-state index contributed by atoms with van der Waals surface area (Å²) in [7, 11) is 0. The molecule has 2 rings (SSSR count). The lowest BCUT2D eigenvalue weighted by molar-refractivity contribution is -0.0539. The Kier molecular flexibility index (Phi) is 1.39. The number of nitrogens with one attached hydrogen (secondary N) is 2. The first kappa shape index (κ1) is 6.19. The minimum absolute atomic E-state index is 0.0191. The number of rotatable bonds is 0. The van der Waals surface area contributed by atoms with E-state index in [0.29, 0.717) is 0 Å². The lowest BCUT2D eigenvalue weighted by atomic mass is 9.93. The fraction of sp³-hybridized carbons (Fsp3) is 0.714. The maximum absolute atomic E-state index is 5.38. The van der Waals surface area contributed by atoms with E-state index >= 15 is 0 Å². The van der Waals surface area contributed by atoms with E-state index in [1.807, 2.05) is 6.20 Å². The summed E-state index contributed by atoms with van der Waals surface area (Å²) in [6.07, 6.45) is 6.16. The van der Waals surface area contributed by atoms with Crippen molar-refractivity contribution in [3.05, 3.63) is 12.3 Å². The average Bonchev–Trinajstić information content (AvgIpc) is 2.39. The summed E-state index contributed by atoms with van der Waals surface area (Å²) in [5, 5.41) is 3.29. The van der Waals surface area contributed by atoms with Crippen molar-refractivity contribution in [3.63, 3.8) is 0 Å². The van der Waals surface area contributed by atoms with E-state index in [4.69, 9.17) is 4.84 Å². The monoisotopic (exact) mass is 140 g/mol. The molecule has 0 saturated carbocycles. The highest BCUT2D eigenvalue weighted by Gasteiger charge is 2.33. The molecular formula is C7H12N2O. The van der Waals surface area contributed by atoms with Crippen LogP contribution in [0.25, 0.3) is 0 Å². The topological polar surface area (TPSA) is 33.3 Å². The third-order valence-corrected chi connectivity index (χ3v) is 2.17. The number of hydroxylamine groups is 1. The molecule has 1 fully saturated rings. The molecule has 2 N–H and O–H groups in total. The molecule has 3 nitrogen and oxygen atoms in total. The van der Waals surface area contributed by atoms with Gasteiger partial charge < -0.3 is 5.32 Å². The van der Waals surface area contributed by atoms with Gasteiger partial charge in [-0.1, -0.05) is 0 Å². The van der Waals surface area contributed by atoms with Crippen LogP contribution in [0.3, 0.4) is 0 Å². The van der Waals surface area contributed by atoms with Gasteiger partial charge in [0.15, 0.2) is 0 Å². The summed E-state index contributed by atoms with van der Waals surface area (Å²) < 4.78 is 0. The molecule has 2 heterocycles. The molecule has 1 saturated heterocycles. The Labute approximate surface area is 60.4 Å². The highest BCUT2D eigenvalue weighted by Crippen LogP contribution is 2.26. The SMILES string of the molecule is C1=CC2(CCNCC2)ON1. The van der Waals surface area contributed by atoms with Gasteiger partial charge in [-0.15, -0.1) is 0 Å². The molecule has 0 bridgehead atoms. The Morgan fingerprint density at radius 1 is 1.30 bits per heavy atom. The van der Waals surface area contributed by atoms with Gasteiger partial charge in [-0.05, 0) is 32.0 Å². The van der Waals surface area contributed by atoms with Crippen LogP contribution in [0.5, 0.6) is 0 Å². The average molecular weight is 140 g/mol. The first-order chi connectivity index (χ1) is 4.91. The molecule has 56 valence electrons. The molecule has 1 spiro atoms. The third kappa shape index (κ3) is 0.914. The molecule has 0 atom stereocenters. The van der Waals surface area contributed by atoms with Gasteiger partial charge in [0, 0.05) is 6.20 Å². The van der Waals surface area contributed by atoms with Gasteiger partial charge in [0.25, 0.3) is 0 Å². The van der Waals surface area contributed by atoms with Crippen LogP contribution >= 0.6 is 0 Å². The fourth-order valence-electron chi connectivity index (χ4n) is 1.49. The van der Waals surface area contributed by atoms with Crippen LogP contribution in [0, 0.1) is 0 Å². The van der Waals surface area contributed by atoms with Crippen LogP contribution in [0.4, 0.5) is 0 Å². The Morgan fingerprint density at radius 2 is 2.10 bits per heavy atom. The quantitative estimate of drug-likeness (QED) is 0.502. The molecule has 0 aromatic carbocycles. The van der Waals surface area contributed by atoms with Crippen molar-refractivity contribution in [2.24, 2.45) is 0 Å². The summed E-state index contributed by atoms with van der Waals surface area (Å²) in [5.41, 5.74) is 2.79. The standard InChI is InChI=1S/C7H12N2O/c1-4-8-5-2-7(1)3-6-9-10-7/h3,6,8-9H,1-2,4-5H2. The maximum Gasteiger partial charge on any atom is 0.118 e. The highest BCUT2D eigenvalue weighted by molar-refractivity contribution is 5.06. The molecule has 0 aromatic heterocycles. The van der Waals surface area contributed by atoms with Crippen molar-refractivity contribution in [3.8, 4) is 0 Å². The maximum atomic E-state index is 5.38. The van der Waals surface area contributed by atoms with Crippen molar-refractivity contribution in [2.45, 2.75) is 18.4 Å². The summed E-state index contributed by atoms with van der Waals surface area (Å²) in [6, 6.07) is 0. The van der Waals surface area contributed by atoms with Crippen LogP contribution in [-0.4, -0.2) is 18.7 Å². The summed E-state index contributed by atoms with van der Waals surface area (Å²) >= 11 is 0. The number of piperidine rings is 1. The summed E-state index contributed by atoms with van der Waals surface area (Å²) in [4.78, 5) is 5.38. The lowest BCUT2D eigenvalue weighted by Crippen LogP contribution is -2.41. The zero-order valence-electron chi connectivity index (χ0n) is 5.89. The zero-order chi connectivity index (χ0) is 6.86. The molecule has 0 aromatic rings. The fourth-order valence-corrected chi connectivity index (χ4v) is 1.49. The van der Waals surface area contributed by atoms with Crippen LogP contribution in [-0.2, 0) is 4.84 Å². The van der Waals surface area contributed by atoms with E-state index in [2.05, 4.69) is 16.9 Å². The Morgan fingerprint density at radius 3 is 2.70 bits per heavy atom. The van der Waals surface area contributed by atoms with Gasteiger partial charge in [0.05, 0.1) is 0 Å². The smallest absolute Gasteiger partial charge is 0.118 e. The number of hydrogen-bond acceptors (Lipinski definition) is 3. The van der Waals surface area contributed by atoms with Gasteiger partial charge in [-0.25, -0.2) is 0 Å². The van der Waals surface area contributed by atoms with Crippen LogP contribution < -0.4 is 10.8 Å². The minimum atomic E-state index is 0.0191. The van der Waals surface area contributed by atoms with Crippen molar-refractivity contribution < 1.29 is 4.84 Å². The van der Waals surface area contributed by atoms with E-state index in [9.17, 15) is 0 Å². The first-order valence-corrected chi connectivity index (χ1v) is 3.73. The van der Waals surface area contributed by atoms with E-state index in [1.54, 1.807) is 0 Å². The van der Waals surface area contributed by atoms with E-state index in [1.165, 1.54) is 0 Å². The number of hydrogen-bond donors (Lipinski definition) is 2. The van der Waals surface area contributed by atoms with E-state index < -0.39 is 0 Å². The van der Waals surface area contributed by atoms with Crippen LogP contribution in [0.1, 0.15) is 12.8 Å². The molecule has 2 aliphatic rings. The van der Waals surface area contributed by atoms with Gasteiger partial charge in [0.1, 0.15) is 5.60 Å². The molecular weight excluding hydrogens is 128 g/mol. The Hall–Kier alpha value is -0.540. The molecule has 10 heavy (non-hydrogen) atoms. The van der Waals surface area contributed by atoms with Gasteiger partial charge in [0.2, 0.25) is 0 Å². The minimum Gasteiger partial charge on any atom is -0.316 e. The van der Waals surface area contributed by atoms with Gasteiger partial charge in [-0.3, -0.25) is 10.3 Å². The summed E-state index contributed by atoms with van der Waals surface area (Å²) in [6.45, 7) is 2.12. The molecule has 0 amide bonds. The van der Waals surface area contributed by atoms with Gasteiger partial charge in [-0.2, -0.15) is 0 Å². The largest absolute Gasteiger partial charge is 0.316 e. The molecule has 0 unspecified atom stereocenters.